The number of carboxylic acid groups (broad SMARTS) is 1. The number of aliphatic carboxylic acids is 1. The molecule has 20 nitrogen and oxygen atoms in total. The Kier molecular flexibility index (Phi) is 15.3. The van der Waals surface area contributed by atoms with Crippen LogP contribution in [0.1, 0.15) is 113 Å². The fraction of sp³-hybridized carbons (Fsp3) is 0.878. The highest BCUT2D eigenvalue weighted by molar-refractivity contribution is 5.79. The number of rotatable bonds is 13. The van der Waals surface area contributed by atoms with E-state index in [-0.39, 0.29) is 39.4 Å². The number of carboxylic acids is 1. The average molecular weight is 985 g/mol. The van der Waals surface area contributed by atoms with Gasteiger partial charge in [-0.3, -0.25) is 4.79 Å². The van der Waals surface area contributed by atoms with E-state index in [0.29, 0.717) is 32.1 Å². The molecule has 7 aliphatic rings. The molecular formula is C49H76O20. The summed E-state index contributed by atoms with van der Waals surface area (Å²) in [4.78, 5) is 51.4. The van der Waals surface area contributed by atoms with Gasteiger partial charge >= 0.3 is 23.9 Å². The molecule has 4 saturated carbocycles. The Bertz CT molecular complexity index is 1960. The van der Waals surface area contributed by atoms with Crippen LogP contribution in [0.15, 0.2) is 11.6 Å². The first-order valence-electron chi connectivity index (χ1n) is 24.4. The highest BCUT2D eigenvalue weighted by Gasteiger charge is 2.70. The minimum atomic E-state index is -2.18. The summed E-state index contributed by atoms with van der Waals surface area (Å²) < 4.78 is 44.1. The Morgan fingerprint density at radius 2 is 1.46 bits per heavy atom. The molecule has 0 radical (unpaired) electrons. The van der Waals surface area contributed by atoms with Crippen LogP contribution in [0.5, 0.6) is 0 Å². The molecule has 8 N–H and O–H groups in total. The first kappa shape index (κ1) is 53.9. The summed E-state index contributed by atoms with van der Waals surface area (Å²) in [6, 6.07) is 0. The number of carbonyl (C=O) groups excluding carboxylic acids is 3. The summed E-state index contributed by atoms with van der Waals surface area (Å²) in [5.74, 6) is -4.16. The van der Waals surface area contributed by atoms with E-state index >= 15 is 0 Å². The Morgan fingerprint density at radius 1 is 0.783 bits per heavy atom. The van der Waals surface area contributed by atoms with Gasteiger partial charge in [0, 0.05) is 0 Å². The molecule has 0 aromatic rings. The van der Waals surface area contributed by atoms with Gasteiger partial charge in [0.05, 0.1) is 32.3 Å². The van der Waals surface area contributed by atoms with Gasteiger partial charge in [0.15, 0.2) is 18.7 Å². The Hall–Kier alpha value is -2.86. The minimum Gasteiger partial charge on any atom is -0.479 e. The lowest BCUT2D eigenvalue weighted by atomic mass is 9.33. The van der Waals surface area contributed by atoms with Gasteiger partial charge in [-0.2, -0.15) is 0 Å². The normalized spacial score (nSPS) is 45.4. The number of fused-ring (bicyclic) bond motifs is 7. The summed E-state index contributed by atoms with van der Waals surface area (Å²) in [7, 11) is 2.06. The quantitative estimate of drug-likeness (QED) is 0.0426. The van der Waals surface area contributed by atoms with Gasteiger partial charge in [-0.1, -0.05) is 60.1 Å². The van der Waals surface area contributed by atoms with E-state index in [1.165, 1.54) is 5.57 Å². The number of esters is 3. The first-order chi connectivity index (χ1) is 32.2. The van der Waals surface area contributed by atoms with Crippen molar-refractivity contribution in [3.63, 3.8) is 0 Å². The maximum atomic E-state index is 14.7. The molecule has 2 heterocycles. The Morgan fingerprint density at radius 3 is 2.10 bits per heavy atom. The van der Waals surface area contributed by atoms with Crippen molar-refractivity contribution in [3.8, 4) is 0 Å². The van der Waals surface area contributed by atoms with Crippen molar-refractivity contribution in [1.82, 2.24) is 0 Å². The molecule has 5 aliphatic carbocycles. The third kappa shape index (κ3) is 9.08. The lowest BCUT2D eigenvalue weighted by Crippen LogP contribution is -2.66. The number of allylic oxidation sites excluding steroid dienone is 2. The van der Waals surface area contributed by atoms with Gasteiger partial charge in [-0.25, -0.2) is 14.4 Å². The van der Waals surface area contributed by atoms with E-state index < -0.39 is 128 Å². The minimum absolute atomic E-state index is 0.0742. The van der Waals surface area contributed by atoms with Crippen LogP contribution >= 0.6 is 0 Å². The average Bonchev–Trinajstić information content (AvgIpc) is 3.29. The van der Waals surface area contributed by atoms with Crippen LogP contribution in [-0.2, 0) is 57.1 Å². The van der Waals surface area contributed by atoms with Crippen molar-refractivity contribution in [3.05, 3.63) is 11.6 Å². The molecule has 0 spiro atoms. The van der Waals surface area contributed by atoms with E-state index in [1.807, 2.05) is 0 Å². The molecule has 20 atom stereocenters. The fourth-order valence-corrected chi connectivity index (χ4v) is 14.5. The molecule has 0 aromatic carbocycles. The predicted molar refractivity (Wildman–Crippen MR) is 237 cm³/mol. The Labute approximate surface area is 402 Å². The van der Waals surface area contributed by atoms with Gasteiger partial charge in [-0.05, 0) is 109 Å². The maximum Gasteiger partial charge on any atom is 0.340 e. The summed E-state index contributed by atoms with van der Waals surface area (Å²) in [6.07, 6.45) is -12.7. The number of aliphatic hydroxyl groups is 7. The fourth-order valence-electron chi connectivity index (χ4n) is 14.5. The van der Waals surface area contributed by atoms with E-state index in [9.17, 15) is 60.0 Å². The van der Waals surface area contributed by atoms with E-state index in [2.05, 4.69) is 64.0 Å². The number of aliphatic hydroxyl groups excluding tert-OH is 7. The molecule has 392 valence electrons. The van der Waals surface area contributed by atoms with Crippen molar-refractivity contribution < 1.29 is 97.9 Å². The molecule has 0 bridgehead atoms. The summed E-state index contributed by atoms with van der Waals surface area (Å²) >= 11 is 0. The molecule has 0 aromatic heterocycles. The van der Waals surface area contributed by atoms with Crippen LogP contribution in [0.3, 0.4) is 0 Å². The number of hydrogen-bond donors (Lipinski definition) is 8. The van der Waals surface area contributed by atoms with Crippen LogP contribution in [0.4, 0.5) is 0 Å². The molecule has 6 fully saturated rings. The third-order valence-corrected chi connectivity index (χ3v) is 18.7. The summed E-state index contributed by atoms with van der Waals surface area (Å²) in [5, 5.41) is 85.2. The van der Waals surface area contributed by atoms with Gasteiger partial charge < -0.3 is 78.7 Å². The predicted octanol–water partition coefficient (Wildman–Crippen LogP) is 1.48. The molecule has 2 saturated heterocycles. The van der Waals surface area contributed by atoms with Gasteiger partial charge in [-0.15, -0.1) is 0 Å². The molecule has 3 unspecified atom stereocenters. The summed E-state index contributed by atoms with van der Waals surface area (Å²) in [6.45, 7) is 14.3. The molecule has 20 heteroatoms. The van der Waals surface area contributed by atoms with E-state index in [1.54, 1.807) is 0 Å². The van der Waals surface area contributed by atoms with Gasteiger partial charge in [0.25, 0.3) is 0 Å². The zero-order valence-corrected chi connectivity index (χ0v) is 41.3. The zero-order valence-electron chi connectivity index (χ0n) is 41.3. The maximum absolute atomic E-state index is 14.7. The topological polar surface area (TPSA) is 304 Å². The van der Waals surface area contributed by atoms with Crippen LogP contribution in [0.25, 0.3) is 0 Å². The number of carbonyl (C=O) groups is 4. The SMILES string of the molecule is COC(=O)CO[C@@H](O[C@@H]1[C@@H](O)[C@H](O[C@H]2CC[C@@]3(C)C(CC[C@]4(C)C3CC=C3C5CC(C)(C)CC[C@]5(C(=O)O[C@@H]5O[C@H](CO)[C@@H](O)[C@H](O)[C@H]5O)CC[C@]34C)C2(C)C)O[C@H](C(=O)O)[C@H]1O)[C@@H](O)C(=O)OC. The second kappa shape index (κ2) is 19.5. The van der Waals surface area contributed by atoms with Crippen molar-refractivity contribution in [2.45, 2.75) is 193 Å². The van der Waals surface area contributed by atoms with Crippen molar-refractivity contribution in [1.29, 1.82) is 0 Å². The van der Waals surface area contributed by atoms with Crippen LogP contribution in [0, 0.1) is 50.2 Å². The van der Waals surface area contributed by atoms with E-state index in [4.69, 9.17) is 28.4 Å². The van der Waals surface area contributed by atoms with Crippen LogP contribution in [-0.4, -0.2) is 172 Å². The highest BCUT2D eigenvalue weighted by atomic mass is 16.7. The second-order valence-corrected chi connectivity index (χ2v) is 23.0. The van der Waals surface area contributed by atoms with Crippen LogP contribution < -0.4 is 0 Å². The molecule has 2 aliphatic heterocycles. The number of hydrogen-bond acceptors (Lipinski definition) is 19. The van der Waals surface area contributed by atoms with Crippen LogP contribution in [0.2, 0.25) is 0 Å². The van der Waals surface area contributed by atoms with Crippen molar-refractivity contribution in [2.24, 2.45) is 50.2 Å². The monoisotopic (exact) mass is 984 g/mol. The van der Waals surface area contributed by atoms with Crippen molar-refractivity contribution >= 4 is 23.9 Å². The third-order valence-electron chi connectivity index (χ3n) is 18.7. The standard InChI is InChI=1S/C49H76O20/c1-44(2)16-18-49(43(61)69-41-32(54)31(53)30(52)25(21-50)65-41)19-17-47(6)23(24(49)20-44)10-11-27-46(5)14-13-28(45(3,4)26(46)12-15-48(27,47)7)66-42-34(56)36(33(55)37(68-42)38(58)59)67-40(35(57)39(60)63-9)64-22-29(51)62-8/h10,24-28,30-37,40-42,50,52-57H,11-22H2,1-9H3,(H,58,59)/t24?,25-,26?,27?,28+,30-,31+,32-,33+,34-,35+,36+,37+,40+,41+,42-,46+,47-,48-,49+/m1/s1. The molecule has 0 amide bonds. The molecular weight excluding hydrogens is 909 g/mol. The van der Waals surface area contributed by atoms with Crippen molar-refractivity contribution in [2.75, 3.05) is 27.4 Å². The largest absolute Gasteiger partial charge is 0.479 e. The van der Waals surface area contributed by atoms with Gasteiger partial charge in [0.1, 0.15) is 49.3 Å². The second-order valence-electron chi connectivity index (χ2n) is 23.0. The Balaban J connectivity index is 1.13. The highest BCUT2D eigenvalue weighted by Crippen LogP contribution is 2.76. The lowest BCUT2D eigenvalue weighted by molar-refractivity contribution is -0.345. The van der Waals surface area contributed by atoms with E-state index in [0.717, 1.165) is 46.3 Å². The van der Waals surface area contributed by atoms with Gasteiger partial charge in [0.2, 0.25) is 12.4 Å². The zero-order chi connectivity index (χ0) is 51.0. The molecule has 69 heavy (non-hydrogen) atoms. The number of ether oxygens (including phenoxy) is 8. The molecule has 7 rings (SSSR count). The smallest absolute Gasteiger partial charge is 0.340 e. The lowest BCUT2D eigenvalue weighted by Gasteiger charge is -2.71. The number of methoxy groups -OCH3 is 2. The first-order valence-corrected chi connectivity index (χ1v) is 24.4. The summed E-state index contributed by atoms with van der Waals surface area (Å²) in [5.41, 5.74) is -1.09.